The summed E-state index contributed by atoms with van der Waals surface area (Å²) in [5.74, 6) is -0.205. The van der Waals surface area contributed by atoms with Crippen LogP contribution >= 0.6 is 31.9 Å². The molecule has 1 unspecified atom stereocenters. The van der Waals surface area contributed by atoms with E-state index in [9.17, 15) is 4.39 Å². The first kappa shape index (κ1) is 14.1. The van der Waals surface area contributed by atoms with E-state index in [1.165, 1.54) is 12.1 Å². The van der Waals surface area contributed by atoms with E-state index < -0.39 is 0 Å². The SMILES string of the molecule is CCC(CCBr)NCc1ccc(F)cc1Br. The Labute approximate surface area is 113 Å². The number of hydrogen-bond donors (Lipinski definition) is 1. The van der Waals surface area contributed by atoms with Crippen LogP contribution in [-0.2, 0) is 6.54 Å². The van der Waals surface area contributed by atoms with Crippen LogP contribution in [0.2, 0.25) is 0 Å². The molecule has 0 heterocycles. The van der Waals surface area contributed by atoms with Gasteiger partial charge in [0.2, 0.25) is 0 Å². The summed E-state index contributed by atoms with van der Waals surface area (Å²) in [4.78, 5) is 0. The first-order valence-electron chi connectivity index (χ1n) is 5.40. The van der Waals surface area contributed by atoms with E-state index in [-0.39, 0.29) is 5.82 Å². The fraction of sp³-hybridized carbons (Fsp3) is 0.500. The van der Waals surface area contributed by atoms with Gasteiger partial charge in [0, 0.05) is 22.4 Å². The lowest BCUT2D eigenvalue weighted by Gasteiger charge is -2.16. The van der Waals surface area contributed by atoms with Gasteiger partial charge in [-0.2, -0.15) is 0 Å². The fourth-order valence-corrected chi connectivity index (χ4v) is 2.55. The first-order valence-corrected chi connectivity index (χ1v) is 7.32. The summed E-state index contributed by atoms with van der Waals surface area (Å²) in [6.07, 6.45) is 2.21. The molecule has 0 bridgehead atoms. The molecule has 1 rings (SSSR count). The van der Waals surface area contributed by atoms with Crippen molar-refractivity contribution in [2.75, 3.05) is 5.33 Å². The van der Waals surface area contributed by atoms with Crippen molar-refractivity contribution in [2.45, 2.75) is 32.4 Å². The minimum absolute atomic E-state index is 0.205. The van der Waals surface area contributed by atoms with E-state index in [0.29, 0.717) is 6.04 Å². The molecule has 1 atom stereocenters. The number of benzene rings is 1. The molecular formula is C12H16Br2FN. The molecule has 1 N–H and O–H groups in total. The predicted octanol–water partition coefficient (Wildman–Crippen LogP) is 4.24. The maximum absolute atomic E-state index is 12.9. The van der Waals surface area contributed by atoms with Gasteiger partial charge in [0.05, 0.1) is 0 Å². The summed E-state index contributed by atoms with van der Waals surface area (Å²) < 4.78 is 13.7. The Morgan fingerprint density at radius 3 is 2.75 bits per heavy atom. The number of rotatable bonds is 6. The van der Waals surface area contributed by atoms with Crippen molar-refractivity contribution in [3.8, 4) is 0 Å². The second-order valence-corrected chi connectivity index (χ2v) is 5.35. The predicted molar refractivity (Wildman–Crippen MR) is 73.4 cm³/mol. The van der Waals surface area contributed by atoms with E-state index in [4.69, 9.17) is 0 Å². The van der Waals surface area contributed by atoms with Gasteiger partial charge in [-0.05, 0) is 30.5 Å². The molecule has 0 saturated heterocycles. The van der Waals surface area contributed by atoms with Gasteiger partial charge in [0.1, 0.15) is 5.82 Å². The highest BCUT2D eigenvalue weighted by molar-refractivity contribution is 9.10. The third kappa shape index (κ3) is 4.52. The van der Waals surface area contributed by atoms with Gasteiger partial charge in [-0.25, -0.2) is 4.39 Å². The monoisotopic (exact) mass is 351 g/mol. The molecule has 0 aliphatic carbocycles. The second kappa shape index (κ2) is 7.41. The molecule has 0 aliphatic heterocycles. The van der Waals surface area contributed by atoms with Gasteiger partial charge >= 0.3 is 0 Å². The zero-order valence-electron chi connectivity index (χ0n) is 9.27. The van der Waals surface area contributed by atoms with Crippen molar-refractivity contribution >= 4 is 31.9 Å². The highest BCUT2D eigenvalue weighted by Gasteiger charge is 2.06. The molecule has 90 valence electrons. The van der Waals surface area contributed by atoms with Crippen molar-refractivity contribution in [2.24, 2.45) is 0 Å². The van der Waals surface area contributed by atoms with Gasteiger partial charge in [-0.3, -0.25) is 0 Å². The van der Waals surface area contributed by atoms with Crippen LogP contribution in [0.15, 0.2) is 22.7 Å². The maximum Gasteiger partial charge on any atom is 0.124 e. The van der Waals surface area contributed by atoms with Crippen LogP contribution < -0.4 is 5.32 Å². The standard InChI is InChI=1S/C12H16Br2FN/c1-2-11(5-6-13)16-8-9-3-4-10(15)7-12(9)14/h3-4,7,11,16H,2,5-6,8H2,1H3. The Kier molecular flexibility index (Phi) is 6.54. The molecule has 1 aromatic carbocycles. The summed E-state index contributed by atoms with van der Waals surface area (Å²) in [7, 11) is 0. The average Bonchev–Trinajstić information content (AvgIpc) is 2.26. The lowest BCUT2D eigenvalue weighted by atomic mass is 10.1. The minimum atomic E-state index is -0.205. The van der Waals surface area contributed by atoms with E-state index in [2.05, 4.69) is 44.1 Å². The normalized spacial score (nSPS) is 12.8. The van der Waals surface area contributed by atoms with Gasteiger partial charge in [-0.1, -0.05) is 44.8 Å². The van der Waals surface area contributed by atoms with Gasteiger partial charge < -0.3 is 5.32 Å². The molecule has 0 amide bonds. The summed E-state index contributed by atoms with van der Waals surface area (Å²) in [6, 6.07) is 5.32. The molecule has 0 radical (unpaired) electrons. The molecule has 1 aromatic rings. The third-order valence-electron chi connectivity index (χ3n) is 2.55. The third-order valence-corrected chi connectivity index (χ3v) is 3.74. The smallest absolute Gasteiger partial charge is 0.124 e. The quantitative estimate of drug-likeness (QED) is 0.755. The zero-order chi connectivity index (χ0) is 12.0. The summed E-state index contributed by atoms with van der Waals surface area (Å²) in [6.45, 7) is 2.94. The van der Waals surface area contributed by atoms with Crippen molar-refractivity contribution in [1.29, 1.82) is 0 Å². The molecule has 0 aliphatic rings. The van der Waals surface area contributed by atoms with E-state index in [1.807, 2.05) is 6.07 Å². The topological polar surface area (TPSA) is 12.0 Å². The van der Waals surface area contributed by atoms with Crippen LogP contribution in [0.1, 0.15) is 25.3 Å². The van der Waals surface area contributed by atoms with E-state index >= 15 is 0 Å². The van der Waals surface area contributed by atoms with Gasteiger partial charge in [-0.15, -0.1) is 0 Å². The molecular weight excluding hydrogens is 337 g/mol. The highest BCUT2D eigenvalue weighted by Crippen LogP contribution is 2.18. The molecule has 16 heavy (non-hydrogen) atoms. The fourth-order valence-electron chi connectivity index (χ4n) is 1.50. The van der Waals surface area contributed by atoms with Crippen LogP contribution in [-0.4, -0.2) is 11.4 Å². The lowest BCUT2D eigenvalue weighted by Crippen LogP contribution is -2.28. The lowest BCUT2D eigenvalue weighted by molar-refractivity contribution is 0.487. The molecule has 0 aromatic heterocycles. The molecule has 1 nitrogen and oxygen atoms in total. The first-order chi connectivity index (χ1) is 7.67. The Morgan fingerprint density at radius 1 is 1.44 bits per heavy atom. The molecule has 4 heteroatoms. The van der Waals surface area contributed by atoms with E-state index in [0.717, 1.165) is 34.8 Å². The maximum atomic E-state index is 12.9. The molecule has 0 fully saturated rings. The number of hydrogen-bond acceptors (Lipinski definition) is 1. The number of halogens is 3. The summed E-state index contributed by atoms with van der Waals surface area (Å²) in [5, 5.41) is 4.47. The van der Waals surface area contributed by atoms with Crippen molar-refractivity contribution < 1.29 is 4.39 Å². The molecule has 0 saturated carbocycles. The van der Waals surface area contributed by atoms with Gasteiger partial charge in [0.15, 0.2) is 0 Å². The van der Waals surface area contributed by atoms with Crippen LogP contribution in [0.5, 0.6) is 0 Å². The average molecular weight is 353 g/mol. The highest BCUT2D eigenvalue weighted by atomic mass is 79.9. The number of nitrogens with one attached hydrogen (secondary N) is 1. The van der Waals surface area contributed by atoms with Crippen LogP contribution in [0.4, 0.5) is 4.39 Å². The Hall–Kier alpha value is 0.0700. The van der Waals surface area contributed by atoms with Crippen LogP contribution in [0.3, 0.4) is 0 Å². The van der Waals surface area contributed by atoms with Crippen molar-refractivity contribution in [1.82, 2.24) is 5.32 Å². The van der Waals surface area contributed by atoms with Gasteiger partial charge in [0.25, 0.3) is 0 Å². The summed E-state index contributed by atoms with van der Waals surface area (Å²) in [5.41, 5.74) is 1.09. The van der Waals surface area contributed by atoms with Crippen LogP contribution in [0, 0.1) is 5.82 Å². The Morgan fingerprint density at radius 2 is 2.19 bits per heavy atom. The largest absolute Gasteiger partial charge is 0.310 e. The second-order valence-electron chi connectivity index (χ2n) is 3.70. The van der Waals surface area contributed by atoms with Crippen LogP contribution in [0.25, 0.3) is 0 Å². The number of alkyl halides is 1. The van der Waals surface area contributed by atoms with E-state index in [1.54, 1.807) is 0 Å². The minimum Gasteiger partial charge on any atom is -0.310 e. The zero-order valence-corrected chi connectivity index (χ0v) is 12.4. The van der Waals surface area contributed by atoms with Crippen molar-refractivity contribution in [3.63, 3.8) is 0 Å². The molecule has 0 spiro atoms. The Bertz CT molecular complexity index is 331. The Balaban J connectivity index is 2.53. The summed E-state index contributed by atoms with van der Waals surface area (Å²) >= 11 is 6.81. The van der Waals surface area contributed by atoms with Crippen molar-refractivity contribution in [3.05, 3.63) is 34.1 Å².